The lowest BCUT2D eigenvalue weighted by molar-refractivity contribution is 0.221. The van der Waals surface area contributed by atoms with Crippen molar-refractivity contribution in [1.82, 2.24) is 9.78 Å². The summed E-state index contributed by atoms with van der Waals surface area (Å²) in [5.74, 6) is 0. The van der Waals surface area contributed by atoms with E-state index in [1.807, 2.05) is 4.68 Å². The van der Waals surface area contributed by atoms with E-state index in [0.717, 1.165) is 19.5 Å². The molecule has 0 aromatic carbocycles. The minimum atomic E-state index is 0.329. The van der Waals surface area contributed by atoms with Gasteiger partial charge in [-0.3, -0.25) is 4.68 Å². The summed E-state index contributed by atoms with van der Waals surface area (Å²) in [7, 11) is 0. The van der Waals surface area contributed by atoms with E-state index in [4.69, 9.17) is 5.73 Å². The predicted octanol–water partition coefficient (Wildman–Crippen LogP) is 1.67. The van der Waals surface area contributed by atoms with Crippen molar-refractivity contribution in [2.75, 3.05) is 6.54 Å². The van der Waals surface area contributed by atoms with Crippen LogP contribution in [-0.2, 0) is 12.0 Å². The lowest BCUT2D eigenvalue weighted by atomic mass is 9.64. The van der Waals surface area contributed by atoms with E-state index >= 15 is 0 Å². The molecule has 0 unspecified atom stereocenters. The highest BCUT2D eigenvalue weighted by molar-refractivity contribution is 5.19. The minimum Gasteiger partial charge on any atom is -0.330 e. The van der Waals surface area contributed by atoms with Gasteiger partial charge in [0.25, 0.3) is 0 Å². The smallest absolute Gasteiger partial charge is 0.0686 e. The summed E-state index contributed by atoms with van der Waals surface area (Å²) in [6.45, 7) is 3.85. The summed E-state index contributed by atoms with van der Waals surface area (Å²) in [5, 5.41) is 4.60. The molecule has 1 aromatic heterocycles. The van der Waals surface area contributed by atoms with E-state index in [0.29, 0.717) is 5.41 Å². The molecule has 1 heterocycles. The van der Waals surface area contributed by atoms with E-state index < -0.39 is 0 Å². The average molecular weight is 193 g/mol. The van der Waals surface area contributed by atoms with Gasteiger partial charge in [-0.25, -0.2) is 0 Å². The zero-order valence-electron chi connectivity index (χ0n) is 8.87. The highest BCUT2D eigenvalue weighted by Crippen LogP contribution is 2.45. The Morgan fingerprint density at radius 2 is 2.36 bits per heavy atom. The summed E-state index contributed by atoms with van der Waals surface area (Å²) in [5.41, 5.74) is 7.25. The molecule has 2 rings (SSSR count). The molecule has 3 heteroatoms. The van der Waals surface area contributed by atoms with Gasteiger partial charge < -0.3 is 5.73 Å². The Hall–Kier alpha value is -0.830. The maximum atomic E-state index is 5.67. The highest BCUT2D eigenvalue weighted by atomic mass is 15.3. The molecule has 0 atom stereocenters. The van der Waals surface area contributed by atoms with Crippen molar-refractivity contribution >= 4 is 0 Å². The van der Waals surface area contributed by atoms with E-state index in [1.54, 1.807) is 0 Å². The van der Waals surface area contributed by atoms with Crippen molar-refractivity contribution in [2.45, 2.75) is 44.6 Å². The molecule has 78 valence electrons. The van der Waals surface area contributed by atoms with Crippen LogP contribution in [0.5, 0.6) is 0 Å². The van der Waals surface area contributed by atoms with Crippen LogP contribution in [0.3, 0.4) is 0 Å². The molecule has 3 nitrogen and oxygen atoms in total. The fraction of sp³-hybridized carbons (Fsp3) is 0.727. The number of nitrogens with two attached hydrogens (primary N) is 1. The first kappa shape index (κ1) is 9.71. The number of aromatic nitrogens is 2. The van der Waals surface area contributed by atoms with Crippen LogP contribution in [0, 0.1) is 0 Å². The molecule has 0 amide bonds. The first-order chi connectivity index (χ1) is 6.80. The molecule has 1 saturated carbocycles. The maximum Gasteiger partial charge on any atom is 0.0686 e. The molecule has 1 fully saturated rings. The second-order valence-electron chi connectivity index (χ2n) is 4.23. The van der Waals surface area contributed by atoms with E-state index in [1.165, 1.54) is 25.0 Å². The van der Waals surface area contributed by atoms with Crippen molar-refractivity contribution in [3.05, 3.63) is 18.0 Å². The normalized spacial score (nSPS) is 19.3. The van der Waals surface area contributed by atoms with E-state index in [-0.39, 0.29) is 0 Å². The first-order valence-corrected chi connectivity index (χ1v) is 5.55. The molecule has 2 N–H and O–H groups in total. The third-order valence-electron chi connectivity index (χ3n) is 3.44. The van der Waals surface area contributed by atoms with E-state index in [2.05, 4.69) is 24.3 Å². The van der Waals surface area contributed by atoms with Crippen LogP contribution in [0.2, 0.25) is 0 Å². The Labute approximate surface area is 85.3 Å². The third kappa shape index (κ3) is 1.46. The number of aryl methyl sites for hydroxylation is 1. The number of rotatable bonds is 4. The summed E-state index contributed by atoms with van der Waals surface area (Å²) in [4.78, 5) is 0. The summed E-state index contributed by atoms with van der Waals surface area (Å²) in [6.07, 6.45) is 7.04. The van der Waals surface area contributed by atoms with Crippen LogP contribution in [0.15, 0.2) is 12.3 Å². The Morgan fingerprint density at radius 3 is 2.79 bits per heavy atom. The summed E-state index contributed by atoms with van der Waals surface area (Å²) >= 11 is 0. The highest BCUT2D eigenvalue weighted by Gasteiger charge is 2.39. The van der Waals surface area contributed by atoms with Crippen molar-refractivity contribution in [3.63, 3.8) is 0 Å². The Kier molecular flexibility index (Phi) is 2.59. The van der Waals surface area contributed by atoms with Crippen molar-refractivity contribution < 1.29 is 0 Å². The fourth-order valence-corrected chi connectivity index (χ4v) is 2.33. The molecular formula is C11H19N3. The van der Waals surface area contributed by atoms with Crippen LogP contribution in [-0.4, -0.2) is 16.3 Å². The molecular weight excluding hydrogens is 174 g/mol. The molecule has 0 aliphatic heterocycles. The predicted molar refractivity (Wildman–Crippen MR) is 57.1 cm³/mol. The van der Waals surface area contributed by atoms with Crippen LogP contribution in [0.4, 0.5) is 0 Å². The van der Waals surface area contributed by atoms with Gasteiger partial charge in [-0.15, -0.1) is 0 Å². The quantitative estimate of drug-likeness (QED) is 0.790. The molecule has 0 bridgehead atoms. The van der Waals surface area contributed by atoms with Gasteiger partial charge in [0, 0.05) is 18.2 Å². The van der Waals surface area contributed by atoms with Gasteiger partial charge >= 0.3 is 0 Å². The molecule has 0 spiro atoms. The van der Waals surface area contributed by atoms with Crippen LogP contribution < -0.4 is 5.73 Å². The van der Waals surface area contributed by atoms with Crippen molar-refractivity contribution in [1.29, 1.82) is 0 Å². The van der Waals surface area contributed by atoms with Crippen LogP contribution in [0.1, 0.15) is 38.3 Å². The standard InChI is InChI=1S/C11H19N3/c1-2-14-9-4-10(13-14)11(7-8-12)5-3-6-11/h4,9H,2-3,5-8,12H2,1H3. The molecule has 1 aromatic rings. The lowest BCUT2D eigenvalue weighted by Gasteiger charge is -2.40. The van der Waals surface area contributed by atoms with Gasteiger partial charge in [0.15, 0.2) is 0 Å². The maximum absolute atomic E-state index is 5.67. The molecule has 1 aliphatic rings. The van der Waals surface area contributed by atoms with Gasteiger partial charge in [-0.2, -0.15) is 5.10 Å². The Bertz CT molecular complexity index is 299. The fourth-order valence-electron chi connectivity index (χ4n) is 2.33. The molecule has 1 aliphatic carbocycles. The molecule has 0 saturated heterocycles. The van der Waals surface area contributed by atoms with Gasteiger partial charge in [-0.1, -0.05) is 6.42 Å². The zero-order valence-corrected chi connectivity index (χ0v) is 8.87. The van der Waals surface area contributed by atoms with Crippen LogP contribution in [0.25, 0.3) is 0 Å². The zero-order chi connectivity index (χ0) is 10.0. The van der Waals surface area contributed by atoms with Gasteiger partial charge in [0.1, 0.15) is 0 Å². The van der Waals surface area contributed by atoms with Crippen molar-refractivity contribution in [3.8, 4) is 0 Å². The SMILES string of the molecule is CCn1ccc(C2(CCN)CCC2)n1. The second-order valence-corrected chi connectivity index (χ2v) is 4.23. The van der Waals surface area contributed by atoms with Crippen LogP contribution >= 0.6 is 0 Å². The second kappa shape index (κ2) is 3.73. The lowest BCUT2D eigenvalue weighted by Crippen LogP contribution is -2.36. The monoisotopic (exact) mass is 193 g/mol. The third-order valence-corrected chi connectivity index (χ3v) is 3.44. The number of hydrogen-bond acceptors (Lipinski definition) is 2. The first-order valence-electron chi connectivity index (χ1n) is 5.55. The number of nitrogens with zero attached hydrogens (tertiary/aromatic N) is 2. The van der Waals surface area contributed by atoms with E-state index in [9.17, 15) is 0 Å². The largest absolute Gasteiger partial charge is 0.330 e. The topological polar surface area (TPSA) is 43.8 Å². The van der Waals surface area contributed by atoms with Gasteiger partial charge in [-0.05, 0) is 38.8 Å². The van der Waals surface area contributed by atoms with Crippen molar-refractivity contribution in [2.24, 2.45) is 5.73 Å². The van der Waals surface area contributed by atoms with Gasteiger partial charge in [0.2, 0.25) is 0 Å². The Morgan fingerprint density at radius 1 is 1.57 bits per heavy atom. The minimum absolute atomic E-state index is 0.329. The molecule has 14 heavy (non-hydrogen) atoms. The average Bonchev–Trinajstić information content (AvgIpc) is 2.59. The van der Waals surface area contributed by atoms with Gasteiger partial charge in [0.05, 0.1) is 5.69 Å². The molecule has 0 radical (unpaired) electrons. The summed E-state index contributed by atoms with van der Waals surface area (Å²) in [6, 6.07) is 2.16. The number of hydrogen-bond donors (Lipinski definition) is 1. The Balaban J connectivity index is 2.18. The summed E-state index contributed by atoms with van der Waals surface area (Å²) < 4.78 is 2.01.